The minimum Gasteiger partial charge on any atom is -0.496 e. The van der Waals surface area contributed by atoms with Crippen LogP contribution in [0.25, 0.3) is 0 Å². The number of nitriles is 1. The Balaban J connectivity index is 2.99. The molecule has 0 radical (unpaired) electrons. The third-order valence-corrected chi connectivity index (χ3v) is 4.04. The van der Waals surface area contributed by atoms with Gasteiger partial charge < -0.3 is 9.84 Å². The maximum Gasteiger partial charge on any atom is 0.318 e. The number of nitrogens with zero attached hydrogens (tertiary/aromatic N) is 1. The molecular formula is C12H13NO4S. The number of benzene rings is 1. The largest absolute Gasteiger partial charge is 0.496 e. The second-order valence-electron chi connectivity index (χ2n) is 3.64. The Kier molecular flexibility index (Phi) is 4.86. The van der Waals surface area contributed by atoms with Gasteiger partial charge >= 0.3 is 5.97 Å². The van der Waals surface area contributed by atoms with Crippen molar-refractivity contribution in [2.75, 3.05) is 7.11 Å². The van der Waals surface area contributed by atoms with Crippen molar-refractivity contribution in [1.82, 2.24) is 0 Å². The maximum absolute atomic E-state index is 11.8. The van der Waals surface area contributed by atoms with Crippen molar-refractivity contribution < 1.29 is 18.8 Å². The van der Waals surface area contributed by atoms with Crippen molar-refractivity contribution in [2.45, 2.75) is 17.9 Å². The van der Waals surface area contributed by atoms with E-state index in [4.69, 9.17) is 15.1 Å². The molecule has 0 aliphatic heterocycles. The highest BCUT2D eigenvalue weighted by molar-refractivity contribution is 7.85. The molecule has 0 amide bonds. The van der Waals surface area contributed by atoms with Gasteiger partial charge in [-0.05, 0) is 25.1 Å². The van der Waals surface area contributed by atoms with Gasteiger partial charge in [-0.1, -0.05) is 0 Å². The van der Waals surface area contributed by atoms with E-state index in [2.05, 4.69) is 0 Å². The number of carboxylic acid groups (broad SMARTS) is 1. The molecule has 1 N–H and O–H groups in total. The van der Waals surface area contributed by atoms with Crippen LogP contribution in [-0.2, 0) is 21.3 Å². The van der Waals surface area contributed by atoms with Gasteiger partial charge in [-0.2, -0.15) is 5.26 Å². The first-order valence-electron chi connectivity index (χ1n) is 5.16. The van der Waals surface area contributed by atoms with Crippen LogP contribution in [0.1, 0.15) is 18.1 Å². The van der Waals surface area contributed by atoms with Gasteiger partial charge in [0.05, 0.1) is 24.5 Å². The first-order chi connectivity index (χ1) is 8.49. The number of aliphatic carboxylic acids is 1. The van der Waals surface area contributed by atoms with E-state index in [0.29, 0.717) is 16.9 Å². The van der Waals surface area contributed by atoms with E-state index in [1.165, 1.54) is 14.0 Å². The Hall–Kier alpha value is -1.87. The van der Waals surface area contributed by atoms with Crippen LogP contribution >= 0.6 is 0 Å². The predicted octanol–water partition coefficient (Wildman–Crippen LogP) is 1.29. The molecule has 1 rings (SSSR count). The zero-order valence-electron chi connectivity index (χ0n) is 10.0. The standard InChI is InChI=1S/C12H13NO4S/c1-8(12(14)15)18(16)7-10-5-9(6-13)3-4-11(10)17-2/h3-5,8H,7H2,1-2H3,(H,14,15). The maximum atomic E-state index is 11.8. The van der Waals surface area contributed by atoms with Crippen molar-refractivity contribution in [3.8, 4) is 11.8 Å². The topological polar surface area (TPSA) is 87.4 Å². The highest BCUT2D eigenvalue weighted by Crippen LogP contribution is 2.22. The van der Waals surface area contributed by atoms with Gasteiger partial charge in [0.1, 0.15) is 11.0 Å². The van der Waals surface area contributed by atoms with E-state index in [9.17, 15) is 9.00 Å². The van der Waals surface area contributed by atoms with Crippen molar-refractivity contribution in [3.63, 3.8) is 0 Å². The van der Waals surface area contributed by atoms with Crippen LogP contribution in [0.15, 0.2) is 18.2 Å². The van der Waals surface area contributed by atoms with Crippen LogP contribution in [0.3, 0.4) is 0 Å². The van der Waals surface area contributed by atoms with Crippen LogP contribution in [0.5, 0.6) is 5.75 Å². The molecule has 96 valence electrons. The van der Waals surface area contributed by atoms with Crippen molar-refractivity contribution >= 4 is 16.8 Å². The SMILES string of the molecule is COc1ccc(C#N)cc1CS(=O)C(C)C(=O)O. The summed E-state index contributed by atoms with van der Waals surface area (Å²) >= 11 is 0. The number of carboxylic acids is 1. The molecule has 0 fully saturated rings. The molecule has 0 heterocycles. The van der Waals surface area contributed by atoms with E-state index in [0.717, 1.165) is 0 Å². The zero-order chi connectivity index (χ0) is 13.7. The number of ether oxygens (including phenoxy) is 1. The van der Waals surface area contributed by atoms with E-state index < -0.39 is 22.0 Å². The molecule has 5 nitrogen and oxygen atoms in total. The molecule has 0 aromatic heterocycles. The molecule has 6 heteroatoms. The number of carbonyl (C=O) groups is 1. The van der Waals surface area contributed by atoms with Gasteiger partial charge in [-0.3, -0.25) is 9.00 Å². The van der Waals surface area contributed by atoms with Gasteiger partial charge in [-0.15, -0.1) is 0 Å². The summed E-state index contributed by atoms with van der Waals surface area (Å²) in [6.07, 6.45) is 0. The minimum absolute atomic E-state index is 0.0478. The lowest BCUT2D eigenvalue weighted by molar-refractivity contribution is -0.136. The molecule has 1 aromatic rings. The van der Waals surface area contributed by atoms with Crippen molar-refractivity contribution in [2.24, 2.45) is 0 Å². The molecule has 2 atom stereocenters. The Labute approximate surface area is 107 Å². The fourth-order valence-corrected chi connectivity index (χ4v) is 2.36. The van der Waals surface area contributed by atoms with E-state index in [1.54, 1.807) is 18.2 Å². The smallest absolute Gasteiger partial charge is 0.318 e. The Morgan fingerprint density at radius 3 is 2.78 bits per heavy atom. The molecule has 1 aromatic carbocycles. The molecule has 18 heavy (non-hydrogen) atoms. The van der Waals surface area contributed by atoms with Gasteiger partial charge in [0.25, 0.3) is 0 Å². The van der Waals surface area contributed by atoms with Crippen LogP contribution in [0, 0.1) is 11.3 Å². The summed E-state index contributed by atoms with van der Waals surface area (Å²) in [4.78, 5) is 10.7. The molecular weight excluding hydrogens is 254 g/mol. The Morgan fingerprint density at radius 1 is 1.61 bits per heavy atom. The predicted molar refractivity (Wildman–Crippen MR) is 66.7 cm³/mol. The van der Waals surface area contributed by atoms with Crippen LogP contribution in [0.4, 0.5) is 0 Å². The summed E-state index contributed by atoms with van der Waals surface area (Å²) in [7, 11) is -0.0903. The minimum atomic E-state index is -1.56. The fourth-order valence-electron chi connectivity index (χ4n) is 1.35. The lowest BCUT2D eigenvalue weighted by Gasteiger charge is -2.10. The summed E-state index contributed by atoms with van der Waals surface area (Å²) in [5.74, 6) is -0.560. The molecule has 0 aliphatic rings. The van der Waals surface area contributed by atoms with Gasteiger partial charge in [-0.25, -0.2) is 0 Å². The molecule has 0 spiro atoms. The van der Waals surface area contributed by atoms with Crippen molar-refractivity contribution in [1.29, 1.82) is 5.26 Å². The number of hydrogen-bond donors (Lipinski definition) is 1. The van der Waals surface area contributed by atoms with Gasteiger partial charge in [0.2, 0.25) is 0 Å². The Bertz CT molecular complexity index is 521. The number of rotatable bonds is 5. The third-order valence-electron chi connectivity index (χ3n) is 2.45. The quantitative estimate of drug-likeness (QED) is 0.868. The highest BCUT2D eigenvalue weighted by Gasteiger charge is 2.20. The first kappa shape index (κ1) is 14.2. The molecule has 0 saturated carbocycles. The number of methoxy groups -OCH3 is 1. The molecule has 2 unspecified atom stereocenters. The monoisotopic (exact) mass is 267 g/mol. The summed E-state index contributed by atoms with van der Waals surface area (Å²) < 4.78 is 16.9. The van der Waals surface area contributed by atoms with E-state index in [-0.39, 0.29) is 5.75 Å². The summed E-state index contributed by atoms with van der Waals surface area (Å²) in [5.41, 5.74) is 0.994. The molecule has 0 saturated heterocycles. The van der Waals surface area contributed by atoms with Gasteiger partial charge in [0.15, 0.2) is 0 Å². The fraction of sp³-hybridized carbons (Fsp3) is 0.333. The Morgan fingerprint density at radius 2 is 2.28 bits per heavy atom. The second kappa shape index (κ2) is 6.17. The number of hydrogen-bond acceptors (Lipinski definition) is 4. The van der Waals surface area contributed by atoms with Crippen LogP contribution < -0.4 is 4.74 Å². The zero-order valence-corrected chi connectivity index (χ0v) is 10.9. The first-order valence-corrected chi connectivity index (χ1v) is 6.54. The summed E-state index contributed by atoms with van der Waals surface area (Å²) in [6.45, 7) is 1.39. The highest BCUT2D eigenvalue weighted by atomic mass is 32.2. The summed E-state index contributed by atoms with van der Waals surface area (Å²) in [5, 5.41) is 16.6. The van der Waals surface area contributed by atoms with Crippen LogP contribution in [-0.4, -0.2) is 27.6 Å². The average Bonchev–Trinajstić information content (AvgIpc) is 2.37. The normalized spacial score (nSPS) is 13.4. The average molecular weight is 267 g/mol. The van der Waals surface area contributed by atoms with Crippen LogP contribution in [0.2, 0.25) is 0 Å². The third kappa shape index (κ3) is 3.31. The lowest BCUT2D eigenvalue weighted by atomic mass is 10.1. The summed E-state index contributed by atoms with van der Waals surface area (Å²) in [6, 6.07) is 6.73. The van der Waals surface area contributed by atoms with Gasteiger partial charge in [0, 0.05) is 16.4 Å². The van der Waals surface area contributed by atoms with E-state index >= 15 is 0 Å². The van der Waals surface area contributed by atoms with Crippen molar-refractivity contribution in [3.05, 3.63) is 29.3 Å². The lowest BCUT2D eigenvalue weighted by Crippen LogP contribution is -2.23. The second-order valence-corrected chi connectivity index (χ2v) is 5.40. The molecule has 0 bridgehead atoms. The van der Waals surface area contributed by atoms with E-state index in [1.807, 2.05) is 6.07 Å². The molecule has 0 aliphatic carbocycles.